The molecule has 0 amide bonds. The largest absolute Gasteiger partial charge is 0.0736 e. The van der Waals surface area contributed by atoms with E-state index >= 15 is 0 Å². The Labute approximate surface area is 88.8 Å². The third-order valence-corrected chi connectivity index (χ3v) is 4.73. The first-order valence-corrected chi connectivity index (χ1v) is 6.37. The second-order valence-electron chi connectivity index (χ2n) is 5.55. The van der Waals surface area contributed by atoms with Gasteiger partial charge in [-0.15, -0.1) is 0 Å². The molecular weight excluding hydrogens is 168 g/mol. The zero-order valence-electron chi connectivity index (χ0n) is 10.0. The summed E-state index contributed by atoms with van der Waals surface area (Å²) >= 11 is 0. The first-order chi connectivity index (χ1) is 6.68. The monoisotopic (exact) mass is 192 g/mol. The van der Waals surface area contributed by atoms with Gasteiger partial charge in [0.15, 0.2) is 0 Å². The molecule has 1 unspecified atom stereocenters. The van der Waals surface area contributed by atoms with E-state index in [2.05, 4.69) is 20.8 Å². The predicted molar refractivity (Wildman–Crippen MR) is 62.3 cm³/mol. The summed E-state index contributed by atoms with van der Waals surface area (Å²) in [4.78, 5) is 0. The van der Waals surface area contributed by atoms with Crippen LogP contribution in [0.4, 0.5) is 0 Å². The van der Waals surface area contributed by atoms with E-state index < -0.39 is 0 Å². The minimum Gasteiger partial charge on any atom is -0.0736 e. The van der Waals surface area contributed by atoms with Gasteiger partial charge in [-0.1, -0.05) is 31.4 Å². The van der Waals surface area contributed by atoms with Gasteiger partial charge in [0, 0.05) is 0 Å². The van der Waals surface area contributed by atoms with Crippen molar-refractivity contribution in [2.75, 3.05) is 0 Å². The van der Waals surface area contributed by atoms with Gasteiger partial charge in [0.25, 0.3) is 0 Å². The third-order valence-electron chi connectivity index (χ3n) is 4.73. The normalized spacial score (nSPS) is 37.5. The molecule has 0 heteroatoms. The molecule has 2 atom stereocenters. The number of hydrogen-bond donors (Lipinski definition) is 0. The van der Waals surface area contributed by atoms with Crippen molar-refractivity contribution >= 4 is 0 Å². The molecule has 1 fully saturated rings. The van der Waals surface area contributed by atoms with Crippen LogP contribution in [0.5, 0.6) is 0 Å². The second-order valence-corrected chi connectivity index (χ2v) is 5.55. The molecule has 0 aromatic carbocycles. The van der Waals surface area contributed by atoms with Crippen molar-refractivity contribution in [2.45, 2.75) is 65.7 Å². The summed E-state index contributed by atoms with van der Waals surface area (Å²) in [5.74, 6) is 0.998. The minimum atomic E-state index is 0.609. The molecule has 0 bridgehead atoms. The van der Waals surface area contributed by atoms with E-state index in [0.29, 0.717) is 5.41 Å². The molecule has 80 valence electrons. The van der Waals surface area contributed by atoms with E-state index in [1.165, 1.54) is 44.9 Å². The Balaban J connectivity index is 2.25. The molecule has 0 aliphatic heterocycles. The highest BCUT2D eigenvalue weighted by Gasteiger charge is 2.43. The van der Waals surface area contributed by atoms with Gasteiger partial charge in [0.1, 0.15) is 0 Å². The summed E-state index contributed by atoms with van der Waals surface area (Å²) in [6.45, 7) is 7.25. The van der Waals surface area contributed by atoms with Crippen LogP contribution in [0.1, 0.15) is 65.7 Å². The lowest BCUT2D eigenvalue weighted by atomic mass is 9.67. The van der Waals surface area contributed by atoms with E-state index in [4.69, 9.17) is 0 Å². The molecular formula is C14H24. The van der Waals surface area contributed by atoms with Gasteiger partial charge < -0.3 is 0 Å². The lowest BCUT2D eigenvalue weighted by molar-refractivity contribution is 0.223. The summed E-state index contributed by atoms with van der Waals surface area (Å²) in [7, 11) is 0. The Morgan fingerprint density at radius 1 is 1.36 bits per heavy atom. The zero-order valence-corrected chi connectivity index (χ0v) is 10.0. The summed E-state index contributed by atoms with van der Waals surface area (Å²) in [6, 6.07) is 0. The molecule has 14 heavy (non-hydrogen) atoms. The van der Waals surface area contributed by atoms with Gasteiger partial charge in [0.05, 0.1) is 0 Å². The molecule has 2 aliphatic carbocycles. The quantitative estimate of drug-likeness (QED) is 0.556. The SMILES string of the molecule is CCC[C@H]1CCC2=C(C)CCCC21C. The molecule has 0 aromatic rings. The summed E-state index contributed by atoms with van der Waals surface area (Å²) in [5.41, 5.74) is 4.19. The van der Waals surface area contributed by atoms with Gasteiger partial charge in [0.2, 0.25) is 0 Å². The van der Waals surface area contributed by atoms with Crippen LogP contribution < -0.4 is 0 Å². The van der Waals surface area contributed by atoms with Crippen LogP contribution in [-0.2, 0) is 0 Å². The Hall–Kier alpha value is -0.260. The summed E-state index contributed by atoms with van der Waals surface area (Å²) in [5, 5.41) is 0. The Kier molecular flexibility index (Phi) is 2.72. The first-order valence-electron chi connectivity index (χ1n) is 6.37. The van der Waals surface area contributed by atoms with Crippen molar-refractivity contribution in [2.24, 2.45) is 11.3 Å². The molecule has 0 N–H and O–H groups in total. The minimum absolute atomic E-state index is 0.609. The van der Waals surface area contributed by atoms with E-state index in [1.54, 1.807) is 5.57 Å². The molecule has 2 rings (SSSR count). The van der Waals surface area contributed by atoms with Crippen LogP contribution >= 0.6 is 0 Å². The van der Waals surface area contributed by atoms with Crippen LogP contribution in [0.25, 0.3) is 0 Å². The average molecular weight is 192 g/mol. The molecule has 0 radical (unpaired) electrons. The number of hydrogen-bond acceptors (Lipinski definition) is 0. The van der Waals surface area contributed by atoms with Gasteiger partial charge in [-0.3, -0.25) is 0 Å². The van der Waals surface area contributed by atoms with Crippen molar-refractivity contribution in [3.8, 4) is 0 Å². The molecule has 0 aromatic heterocycles. The Morgan fingerprint density at radius 2 is 2.14 bits per heavy atom. The summed E-state index contributed by atoms with van der Waals surface area (Å²) in [6.07, 6.45) is 9.98. The van der Waals surface area contributed by atoms with E-state index in [-0.39, 0.29) is 0 Å². The fraction of sp³-hybridized carbons (Fsp3) is 0.857. The summed E-state index contributed by atoms with van der Waals surface area (Å²) < 4.78 is 0. The van der Waals surface area contributed by atoms with Crippen molar-refractivity contribution in [1.82, 2.24) is 0 Å². The van der Waals surface area contributed by atoms with Crippen molar-refractivity contribution in [3.63, 3.8) is 0 Å². The fourth-order valence-corrected chi connectivity index (χ4v) is 3.91. The second kappa shape index (κ2) is 3.72. The van der Waals surface area contributed by atoms with Crippen molar-refractivity contribution in [3.05, 3.63) is 11.1 Å². The zero-order chi connectivity index (χ0) is 10.2. The fourth-order valence-electron chi connectivity index (χ4n) is 3.91. The van der Waals surface area contributed by atoms with Gasteiger partial charge >= 0.3 is 0 Å². The van der Waals surface area contributed by atoms with E-state index in [1.807, 2.05) is 5.57 Å². The number of allylic oxidation sites excluding steroid dienone is 2. The highest BCUT2D eigenvalue weighted by Crippen LogP contribution is 2.55. The predicted octanol–water partition coefficient (Wildman–Crippen LogP) is 4.70. The Bertz CT molecular complexity index is 249. The van der Waals surface area contributed by atoms with Crippen LogP contribution in [-0.4, -0.2) is 0 Å². The molecule has 0 saturated heterocycles. The molecule has 1 saturated carbocycles. The van der Waals surface area contributed by atoms with Crippen LogP contribution in [0, 0.1) is 11.3 Å². The molecule has 2 aliphatic rings. The lowest BCUT2D eigenvalue weighted by Crippen LogP contribution is -2.26. The molecule has 0 heterocycles. The lowest BCUT2D eigenvalue weighted by Gasteiger charge is -2.37. The standard InChI is InChI=1S/C14H24/c1-4-6-12-8-9-13-11(2)7-5-10-14(12,13)3/h12H,4-10H2,1-3H3/t12-,14?/m0/s1. The van der Waals surface area contributed by atoms with Crippen LogP contribution in [0.15, 0.2) is 11.1 Å². The topological polar surface area (TPSA) is 0 Å². The van der Waals surface area contributed by atoms with Crippen molar-refractivity contribution in [1.29, 1.82) is 0 Å². The van der Waals surface area contributed by atoms with E-state index in [9.17, 15) is 0 Å². The highest BCUT2D eigenvalue weighted by molar-refractivity contribution is 5.28. The average Bonchev–Trinajstić information content (AvgIpc) is 2.46. The molecule has 0 spiro atoms. The maximum atomic E-state index is 2.54. The van der Waals surface area contributed by atoms with Gasteiger partial charge in [-0.25, -0.2) is 0 Å². The first kappa shape index (κ1) is 10.3. The van der Waals surface area contributed by atoms with Crippen LogP contribution in [0.3, 0.4) is 0 Å². The number of rotatable bonds is 2. The maximum Gasteiger partial charge on any atom is -0.00853 e. The highest BCUT2D eigenvalue weighted by atomic mass is 14.5. The third kappa shape index (κ3) is 1.43. The van der Waals surface area contributed by atoms with Gasteiger partial charge in [-0.05, 0) is 56.8 Å². The van der Waals surface area contributed by atoms with Gasteiger partial charge in [-0.2, -0.15) is 0 Å². The Morgan fingerprint density at radius 3 is 2.86 bits per heavy atom. The van der Waals surface area contributed by atoms with Crippen LogP contribution in [0.2, 0.25) is 0 Å². The van der Waals surface area contributed by atoms with Crippen molar-refractivity contribution < 1.29 is 0 Å². The van der Waals surface area contributed by atoms with E-state index in [0.717, 1.165) is 5.92 Å². The number of fused-ring (bicyclic) bond motifs is 1. The smallest absolute Gasteiger partial charge is 0.00853 e. The molecule has 0 nitrogen and oxygen atoms in total. The maximum absolute atomic E-state index is 2.54.